The molecule has 1 saturated heterocycles. The third-order valence-corrected chi connectivity index (χ3v) is 7.09. The lowest BCUT2D eigenvalue weighted by molar-refractivity contribution is -0.132. The Morgan fingerprint density at radius 1 is 1.12 bits per heavy atom. The standard InChI is InChI=1S/C29H27FN2O7S/c1-5-14-39-20-13-10-18(15-21(20)37-6-2)23-22(24(33)17-8-11-19(30)12-9-17)25(34)27(35)32(23)29-31-16(4)26(40-29)28(36)38-7-3/h5,8-13,15,23,33H,1,6-7,14H2,2-4H3/b24-22+. The van der Waals surface area contributed by atoms with Gasteiger partial charge >= 0.3 is 11.9 Å². The van der Waals surface area contributed by atoms with E-state index in [1.54, 1.807) is 45.0 Å². The summed E-state index contributed by atoms with van der Waals surface area (Å²) in [7, 11) is 0. The molecule has 3 aromatic rings. The van der Waals surface area contributed by atoms with Crippen LogP contribution in [0.25, 0.3) is 5.76 Å². The van der Waals surface area contributed by atoms with Gasteiger partial charge in [0.05, 0.1) is 30.5 Å². The van der Waals surface area contributed by atoms with Crippen LogP contribution in [0.2, 0.25) is 0 Å². The van der Waals surface area contributed by atoms with E-state index in [-0.39, 0.29) is 34.4 Å². The van der Waals surface area contributed by atoms with E-state index in [4.69, 9.17) is 14.2 Å². The molecule has 1 N–H and O–H groups in total. The second-order valence-corrected chi connectivity index (χ2v) is 9.52. The number of hydrogen-bond donors (Lipinski definition) is 1. The predicted molar refractivity (Wildman–Crippen MR) is 147 cm³/mol. The number of Topliss-reactive ketones (excluding diaryl/α,β-unsaturated/α-hetero) is 1. The molecule has 1 amide bonds. The predicted octanol–water partition coefficient (Wildman–Crippen LogP) is 5.36. The molecule has 4 rings (SSSR count). The number of thiazole rings is 1. The van der Waals surface area contributed by atoms with E-state index in [0.29, 0.717) is 29.4 Å². The minimum Gasteiger partial charge on any atom is -0.507 e. The Morgan fingerprint density at radius 3 is 2.50 bits per heavy atom. The first-order valence-electron chi connectivity index (χ1n) is 12.4. The van der Waals surface area contributed by atoms with E-state index in [9.17, 15) is 23.9 Å². The fourth-order valence-electron chi connectivity index (χ4n) is 4.21. The summed E-state index contributed by atoms with van der Waals surface area (Å²) >= 11 is 0.896. The topological polar surface area (TPSA) is 115 Å². The highest BCUT2D eigenvalue weighted by atomic mass is 32.1. The number of hydrogen-bond acceptors (Lipinski definition) is 9. The number of esters is 1. The number of aromatic nitrogens is 1. The first-order chi connectivity index (χ1) is 19.2. The number of ether oxygens (including phenoxy) is 3. The molecule has 1 unspecified atom stereocenters. The summed E-state index contributed by atoms with van der Waals surface area (Å²) in [5.41, 5.74) is 0.635. The van der Waals surface area contributed by atoms with Gasteiger partial charge in [0.1, 0.15) is 23.1 Å². The number of benzene rings is 2. The first-order valence-corrected chi connectivity index (χ1v) is 13.2. The number of carbonyl (C=O) groups excluding carboxylic acids is 3. The Bertz CT molecular complexity index is 1500. The molecule has 9 nitrogen and oxygen atoms in total. The molecule has 1 aromatic heterocycles. The van der Waals surface area contributed by atoms with Crippen LogP contribution in [0.1, 0.15) is 46.4 Å². The molecular weight excluding hydrogens is 539 g/mol. The molecule has 0 spiro atoms. The Hall–Kier alpha value is -4.51. The Labute approximate surface area is 234 Å². The van der Waals surface area contributed by atoms with Crippen molar-refractivity contribution in [1.82, 2.24) is 4.98 Å². The summed E-state index contributed by atoms with van der Waals surface area (Å²) in [5, 5.41) is 11.3. The zero-order valence-electron chi connectivity index (χ0n) is 22.1. The molecule has 0 bridgehead atoms. The molecule has 2 heterocycles. The maximum atomic E-state index is 13.6. The third-order valence-electron chi connectivity index (χ3n) is 5.95. The lowest BCUT2D eigenvalue weighted by atomic mass is 9.95. The molecule has 40 heavy (non-hydrogen) atoms. The largest absolute Gasteiger partial charge is 0.507 e. The average Bonchev–Trinajstić information content (AvgIpc) is 3.44. The number of aliphatic hydroxyl groups is 1. The normalized spacial score (nSPS) is 16.2. The minimum atomic E-state index is -1.15. The molecule has 2 aromatic carbocycles. The van der Waals surface area contributed by atoms with Gasteiger partial charge in [-0.25, -0.2) is 14.2 Å². The van der Waals surface area contributed by atoms with Crippen molar-refractivity contribution in [1.29, 1.82) is 0 Å². The van der Waals surface area contributed by atoms with E-state index in [1.165, 1.54) is 12.1 Å². The summed E-state index contributed by atoms with van der Waals surface area (Å²) < 4.78 is 30.1. The van der Waals surface area contributed by atoms with Crippen molar-refractivity contribution in [3.8, 4) is 11.5 Å². The van der Waals surface area contributed by atoms with Crippen LogP contribution in [-0.2, 0) is 14.3 Å². The van der Waals surface area contributed by atoms with Gasteiger partial charge in [-0.15, -0.1) is 0 Å². The monoisotopic (exact) mass is 566 g/mol. The van der Waals surface area contributed by atoms with Gasteiger partial charge in [0.25, 0.3) is 5.78 Å². The van der Waals surface area contributed by atoms with E-state index in [0.717, 1.165) is 28.4 Å². The van der Waals surface area contributed by atoms with Gasteiger partial charge in [0.15, 0.2) is 16.6 Å². The van der Waals surface area contributed by atoms with Crippen molar-refractivity contribution >= 4 is 39.9 Å². The SMILES string of the molecule is C=CCOc1ccc(C2/C(=C(\O)c3ccc(F)cc3)C(=O)C(=O)N2c2nc(C)c(C(=O)OCC)s2)cc1OCC. The highest BCUT2D eigenvalue weighted by molar-refractivity contribution is 7.17. The van der Waals surface area contributed by atoms with Crippen LogP contribution < -0.4 is 14.4 Å². The summed E-state index contributed by atoms with van der Waals surface area (Å²) in [5.74, 6) is -2.80. The summed E-state index contributed by atoms with van der Waals surface area (Å²) in [6, 6.07) is 8.59. The number of nitrogens with zero attached hydrogens (tertiary/aromatic N) is 2. The Balaban J connectivity index is 1.93. The Kier molecular flexibility index (Phi) is 8.64. The summed E-state index contributed by atoms with van der Waals surface area (Å²) in [4.78, 5) is 45.1. The van der Waals surface area contributed by atoms with Gasteiger partial charge in [-0.05, 0) is 62.7 Å². The summed E-state index contributed by atoms with van der Waals surface area (Å²) in [6.45, 7) is 9.37. The number of carbonyl (C=O) groups is 3. The maximum Gasteiger partial charge on any atom is 0.350 e. The molecule has 1 atom stereocenters. The second-order valence-electron chi connectivity index (χ2n) is 8.55. The van der Waals surface area contributed by atoms with E-state index >= 15 is 0 Å². The van der Waals surface area contributed by atoms with Gasteiger partial charge in [0, 0.05) is 5.56 Å². The van der Waals surface area contributed by atoms with E-state index < -0.39 is 35.3 Å². The Morgan fingerprint density at radius 2 is 1.85 bits per heavy atom. The van der Waals surface area contributed by atoms with Gasteiger partial charge in [-0.3, -0.25) is 14.5 Å². The molecule has 0 saturated carbocycles. The zero-order chi connectivity index (χ0) is 29.0. The molecule has 0 radical (unpaired) electrons. The number of aryl methyl sites for hydroxylation is 1. The molecule has 0 aliphatic carbocycles. The highest BCUT2D eigenvalue weighted by Gasteiger charge is 2.48. The van der Waals surface area contributed by atoms with Crippen molar-refractivity contribution in [3.05, 3.63) is 88.2 Å². The molecule has 208 valence electrons. The smallest absolute Gasteiger partial charge is 0.350 e. The van der Waals surface area contributed by atoms with Crippen molar-refractivity contribution in [2.75, 3.05) is 24.7 Å². The molecule has 1 fully saturated rings. The molecule has 1 aliphatic rings. The van der Waals surface area contributed by atoms with Gasteiger partial charge in [-0.2, -0.15) is 0 Å². The van der Waals surface area contributed by atoms with Crippen LogP contribution in [0.15, 0.2) is 60.7 Å². The fourth-order valence-corrected chi connectivity index (χ4v) is 5.20. The second kappa shape index (κ2) is 12.1. The van der Waals surface area contributed by atoms with Crippen LogP contribution in [0, 0.1) is 12.7 Å². The first kappa shape index (κ1) is 28.5. The molecular formula is C29H27FN2O7S. The lowest BCUT2D eigenvalue weighted by Crippen LogP contribution is -2.29. The summed E-state index contributed by atoms with van der Waals surface area (Å²) in [6.07, 6.45) is 1.58. The molecule has 1 aliphatic heterocycles. The van der Waals surface area contributed by atoms with Crippen molar-refractivity contribution < 1.29 is 38.1 Å². The van der Waals surface area contributed by atoms with Crippen LogP contribution in [-0.4, -0.2) is 47.6 Å². The van der Waals surface area contributed by atoms with Crippen LogP contribution >= 0.6 is 11.3 Å². The zero-order valence-corrected chi connectivity index (χ0v) is 22.9. The molecule has 11 heteroatoms. The van der Waals surface area contributed by atoms with Gasteiger partial charge in [0.2, 0.25) is 0 Å². The highest BCUT2D eigenvalue weighted by Crippen LogP contribution is 2.45. The van der Waals surface area contributed by atoms with Crippen molar-refractivity contribution in [3.63, 3.8) is 0 Å². The number of amides is 1. The van der Waals surface area contributed by atoms with Gasteiger partial charge < -0.3 is 19.3 Å². The van der Waals surface area contributed by atoms with Crippen molar-refractivity contribution in [2.45, 2.75) is 26.8 Å². The lowest BCUT2D eigenvalue weighted by Gasteiger charge is -2.24. The van der Waals surface area contributed by atoms with Crippen LogP contribution in [0.4, 0.5) is 9.52 Å². The third kappa shape index (κ3) is 5.46. The number of aliphatic hydroxyl groups excluding tert-OH is 1. The van der Waals surface area contributed by atoms with Crippen molar-refractivity contribution in [2.24, 2.45) is 0 Å². The number of rotatable bonds is 10. The maximum absolute atomic E-state index is 13.6. The van der Waals surface area contributed by atoms with Crippen LogP contribution in [0.3, 0.4) is 0 Å². The number of ketones is 1. The number of anilines is 1. The fraction of sp³-hybridized carbons (Fsp3) is 0.241. The van der Waals surface area contributed by atoms with Crippen LogP contribution in [0.5, 0.6) is 11.5 Å². The van der Waals surface area contributed by atoms with Gasteiger partial charge in [-0.1, -0.05) is 30.1 Å². The van der Waals surface area contributed by atoms with E-state index in [1.807, 2.05) is 0 Å². The van der Waals surface area contributed by atoms with E-state index in [2.05, 4.69) is 11.6 Å². The quantitative estimate of drug-likeness (QED) is 0.115. The average molecular weight is 567 g/mol. The number of halogens is 1. The minimum absolute atomic E-state index is 0.0655.